The molecule has 1 aromatic rings. The highest BCUT2D eigenvalue weighted by molar-refractivity contribution is 5.97. The van der Waals surface area contributed by atoms with Crippen LogP contribution in [0.3, 0.4) is 0 Å². The number of carbonyl (C=O) groups excluding carboxylic acids is 2. The van der Waals surface area contributed by atoms with Crippen molar-refractivity contribution in [1.82, 2.24) is 14.9 Å². The molecule has 5 heteroatoms. The molecule has 0 saturated carbocycles. The van der Waals surface area contributed by atoms with Gasteiger partial charge in [0.25, 0.3) is 0 Å². The van der Waals surface area contributed by atoms with Gasteiger partial charge in [0.2, 0.25) is 11.8 Å². The molecule has 0 aromatic carbocycles. The van der Waals surface area contributed by atoms with Gasteiger partial charge in [0.05, 0.1) is 5.69 Å². The van der Waals surface area contributed by atoms with E-state index in [0.29, 0.717) is 32.2 Å². The Labute approximate surface area is 93.5 Å². The molecular formula is C11H13N3O2. The second-order valence-corrected chi connectivity index (χ2v) is 3.74. The van der Waals surface area contributed by atoms with Gasteiger partial charge in [0.15, 0.2) is 0 Å². The molecule has 2 amide bonds. The Bertz CT molecular complexity index is 375. The zero-order valence-corrected chi connectivity index (χ0v) is 8.93. The maximum absolute atomic E-state index is 11.5. The van der Waals surface area contributed by atoms with E-state index in [-0.39, 0.29) is 11.8 Å². The summed E-state index contributed by atoms with van der Waals surface area (Å²) >= 11 is 0. The number of amides is 2. The van der Waals surface area contributed by atoms with Crippen LogP contribution >= 0.6 is 0 Å². The van der Waals surface area contributed by atoms with Crippen LogP contribution in [-0.2, 0) is 16.0 Å². The van der Waals surface area contributed by atoms with Crippen molar-refractivity contribution in [1.29, 1.82) is 0 Å². The summed E-state index contributed by atoms with van der Waals surface area (Å²) in [6.07, 6.45) is 7.07. The molecule has 2 rings (SSSR count). The lowest BCUT2D eigenvalue weighted by Crippen LogP contribution is -2.41. The van der Waals surface area contributed by atoms with Crippen LogP contribution in [0.2, 0.25) is 0 Å². The van der Waals surface area contributed by atoms with Gasteiger partial charge in [-0.3, -0.25) is 24.5 Å². The number of hydrogen-bond donors (Lipinski definition) is 0. The Morgan fingerprint density at radius 3 is 2.56 bits per heavy atom. The van der Waals surface area contributed by atoms with Gasteiger partial charge in [-0.2, -0.15) is 0 Å². The van der Waals surface area contributed by atoms with Gasteiger partial charge in [-0.15, -0.1) is 0 Å². The predicted octanol–water partition coefficient (Wildman–Crippen LogP) is 0.558. The molecule has 1 aliphatic rings. The van der Waals surface area contributed by atoms with E-state index in [1.54, 1.807) is 18.6 Å². The summed E-state index contributed by atoms with van der Waals surface area (Å²) in [4.78, 5) is 32.4. The molecule has 0 atom stereocenters. The monoisotopic (exact) mass is 219 g/mol. The average molecular weight is 219 g/mol. The van der Waals surface area contributed by atoms with E-state index in [4.69, 9.17) is 0 Å². The minimum atomic E-state index is -0.0693. The van der Waals surface area contributed by atoms with Gasteiger partial charge in [0.1, 0.15) is 0 Å². The normalized spacial score (nSPS) is 16.6. The predicted molar refractivity (Wildman–Crippen MR) is 56.3 cm³/mol. The van der Waals surface area contributed by atoms with Crippen molar-refractivity contribution in [3.63, 3.8) is 0 Å². The molecule has 0 spiro atoms. The standard InChI is InChI=1S/C11H13N3O2/c15-10-2-1-3-11(16)14(10)7-4-9-8-12-5-6-13-9/h5-6,8H,1-4,7H2. The van der Waals surface area contributed by atoms with Crippen molar-refractivity contribution in [2.45, 2.75) is 25.7 Å². The van der Waals surface area contributed by atoms with Crippen LogP contribution in [0, 0.1) is 0 Å². The van der Waals surface area contributed by atoms with Gasteiger partial charge in [-0.1, -0.05) is 0 Å². The summed E-state index contributed by atoms with van der Waals surface area (Å²) in [5, 5.41) is 0. The first-order chi connectivity index (χ1) is 7.77. The number of piperidine rings is 1. The van der Waals surface area contributed by atoms with Crippen molar-refractivity contribution < 1.29 is 9.59 Å². The Morgan fingerprint density at radius 2 is 1.94 bits per heavy atom. The Kier molecular flexibility index (Phi) is 3.24. The summed E-state index contributed by atoms with van der Waals surface area (Å²) in [5.74, 6) is -0.139. The quantitative estimate of drug-likeness (QED) is 0.697. The molecular weight excluding hydrogens is 206 g/mol. The number of hydrogen-bond acceptors (Lipinski definition) is 4. The molecule has 84 valence electrons. The van der Waals surface area contributed by atoms with E-state index >= 15 is 0 Å². The Morgan fingerprint density at radius 1 is 1.19 bits per heavy atom. The highest BCUT2D eigenvalue weighted by Gasteiger charge is 2.25. The molecule has 0 unspecified atom stereocenters. The van der Waals surface area contributed by atoms with Gasteiger partial charge in [0, 0.05) is 44.4 Å². The molecule has 1 saturated heterocycles. The molecule has 0 aliphatic carbocycles. The SMILES string of the molecule is O=C1CCCC(=O)N1CCc1cnccn1. The lowest BCUT2D eigenvalue weighted by Gasteiger charge is -2.24. The second-order valence-electron chi connectivity index (χ2n) is 3.74. The summed E-state index contributed by atoms with van der Waals surface area (Å²) < 4.78 is 0. The van der Waals surface area contributed by atoms with Crippen LogP contribution in [0.4, 0.5) is 0 Å². The molecule has 16 heavy (non-hydrogen) atoms. The molecule has 1 aromatic heterocycles. The van der Waals surface area contributed by atoms with Crippen LogP contribution in [0.1, 0.15) is 25.0 Å². The third-order valence-electron chi connectivity index (χ3n) is 2.59. The van der Waals surface area contributed by atoms with Crippen molar-refractivity contribution in [3.05, 3.63) is 24.3 Å². The van der Waals surface area contributed by atoms with Crippen LogP contribution in [0.25, 0.3) is 0 Å². The van der Waals surface area contributed by atoms with Crippen molar-refractivity contribution in [3.8, 4) is 0 Å². The number of imide groups is 1. The summed E-state index contributed by atoms with van der Waals surface area (Å²) in [7, 11) is 0. The van der Waals surface area contributed by atoms with Crippen LogP contribution < -0.4 is 0 Å². The lowest BCUT2D eigenvalue weighted by molar-refractivity contribution is -0.147. The van der Waals surface area contributed by atoms with Gasteiger partial charge >= 0.3 is 0 Å². The minimum absolute atomic E-state index is 0.0693. The van der Waals surface area contributed by atoms with Crippen LogP contribution in [-0.4, -0.2) is 33.2 Å². The first-order valence-electron chi connectivity index (χ1n) is 5.35. The Hall–Kier alpha value is -1.78. The summed E-state index contributed by atoms with van der Waals surface area (Å²) in [5.41, 5.74) is 0.800. The number of rotatable bonds is 3. The van der Waals surface area contributed by atoms with Crippen molar-refractivity contribution in [2.24, 2.45) is 0 Å². The smallest absolute Gasteiger partial charge is 0.229 e. The first-order valence-corrected chi connectivity index (χ1v) is 5.35. The largest absolute Gasteiger partial charge is 0.282 e. The third kappa shape index (κ3) is 2.42. The molecule has 1 fully saturated rings. The average Bonchev–Trinajstić information content (AvgIpc) is 2.30. The molecule has 1 aliphatic heterocycles. The van der Waals surface area contributed by atoms with Gasteiger partial charge in [-0.25, -0.2) is 0 Å². The Balaban J connectivity index is 1.94. The van der Waals surface area contributed by atoms with Crippen molar-refractivity contribution >= 4 is 11.8 Å². The fraction of sp³-hybridized carbons (Fsp3) is 0.455. The van der Waals surface area contributed by atoms with E-state index in [9.17, 15) is 9.59 Å². The fourth-order valence-electron chi connectivity index (χ4n) is 1.73. The van der Waals surface area contributed by atoms with Gasteiger partial charge < -0.3 is 0 Å². The molecule has 0 bridgehead atoms. The van der Waals surface area contributed by atoms with E-state index < -0.39 is 0 Å². The number of aromatic nitrogens is 2. The lowest BCUT2D eigenvalue weighted by atomic mass is 10.1. The second kappa shape index (κ2) is 4.83. The summed E-state index contributed by atoms with van der Waals surface area (Å²) in [6, 6.07) is 0. The van der Waals surface area contributed by atoms with E-state index in [0.717, 1.165) is 5.69 Å². The minimum Gasteiger partial charge on any atom is -0.282 e. The highest BCUT2D eigenvalue weighted by atomic mass is 16.2. The molecule has 0 N–H and O–H groups in total. The molecule has 0 radical (unpaired) electrons. The van der Waals surface area contributed by atoms with Crippen molar-refractivity contribution in [2.75, 3.05) is 6.54 Å². The maximum Gasteiger partial charge on any atom is 0.229 e. The fourth-order valence-corrected chi connectivity index (χ4v) is 1.73. The van der Waals surface area contributed by atoms with E-state index in [1.165, 1.54) is 4.90 Å². The van der Waals surface area contributed by atoms with Crippen LogP contribution in [0.15, 0.2) is 18.6 Å². The topological polar surface area (TPSA) is 63.2 Å². The summed E-state index contributed by atoms with van der Waals surface area (Å²) in [6.45, 7) is 0.413. The zero-order valence-electron chi connectivity index (χ0n) is 8.93. The maximum atomic E-state index is 11.5. The first kappa shape index (κ1) is 10.7. The van der Waals surface area contributed by atoms with Gasteiger partial charge in [-0.05, 0) is 6.42 Å². The van der Waals surface area contributed by atoms with E-state index in [1.807, 2.05) is 0 Å². The number of carbonyl (C=O) groups is 2. The number of likely N-dealkylation sites (tertiary alicyclic amines) is 1. The zero-order chi connectivity index (χ0) is 11.4. The van der Waals surface area contributed by atoms with Crippen LogP contribution in [0.5, 0.6) is 0 Å². The molecule has 5 nitrogen and oxygen atoms in total. The third-order valence-corrected chi connectivity index (χ3v) is 2.59. The van der Waals surface area contributed by atoms with E-state index in [2.05, 4.69) is 9.97 Å². The molecule has 2 heterocycles. The highest BCUT2D eigenvalue weighted by Crippen LogP contribution is 2.12. The number of nitrogens with zero attached hydrogens (tertiary/aromatic N) is 3.